The number of fused-ring (bicyclic) bond motifs is 3. The van der Waals surface area contributed by atoms with Crippen molar-refractivity contribution in [2.45, 2.75) is 0 Å². The molecule has 0 atom stereocenters. The lowest BCUT2D eigenvalue weighted by atomic mass is 9.84. The van der Waals surface area contributed by atoms with Crippen LogP contribution in [0.3, 0.4) is 0 Å². The molecular weight excluding hydrogens is 679 g/mol. The first-order valence-electron chi connectivity index (χ1n) is 19.1. The van der Waals surface area contributed by atoms with E-state index in [1.807, 2.05) is 12.1 Å². The summed E-state index contributed by atoms with van der Waals surface area (Å²) in [6, 6.07) is 80.1. The maximum Gasteiger partial charge on any atom is 0.137 e. The van der Waals surface area contributed by atoms with Crippen molar-refractivity contribution in [1.82, 2.24) is 0 Å². The number of benzene rings is 9. The summed E-state index contributed by atoms with van der Waals surface area (Å²) in [5.41, 5.74) is 16.7. The van der Waals surface area contributed by atoms with Gasteiger partial charge in [0.15, 0.2) is 0 Å². The van der Waals surface area contributed by atoms with Crippen LogP contribution in [-0.4, -0.2) is 0 Å². The molecule has 0 saturated carbocycles. The van der Waals surface area contributed by atoms with Crippen LogP contribution < -0.4 is 4.90 Å². The Morgan fingerprint density at radius 2 is 0.750 bits per heavy atom. The van der Waals surface area contributed by atoms with Gasteiger partial charge in [0.25, 0.3) is 0 Å². The first-order valence-corrected chi connectivity index (χ1v) is 19.1. The summed E-state index contributed by atoms with van der Waals surface area (Å²) >= 11 is 0. The molecule has 0 fully saturated rings. The molecule has 9 aromatic carbocycles. The maximum atomic E-state index is 6.43. The molecule has 0 unspecified atom stereocenters. The third-order valence-corrected chi connectivity index (χ3v) is 10.7. The molecule has 1 heterocycles. The predicted octanol–water partition coefficient (Wildman–Crippen LogP) is 15.4. The van der Waals surface area contributed by atoms with Crippen molar-refractivity contribution >= 4 is 39.0 Å². The molecule has 56 heavy (non-hydrogen) atoms. The first kappa shape index (κ1) is 33.2. The molecule has 2 heteroatoms. The second-order valence-electron chi connectivity index (χ2n) is 14.1. The highest BCUT2D eigenvalue weighted by Crippen LogP contribution is 2.46. The third kappa shape index (κ3) is 6.14. The molecule has 0 bridgehead atoms. The fourth-order valence-corrected chi connectivity index (χ4v) is 8.06. The van der Waals surface area contributed by atoms with E-state index in [2.05, 4.69) is 217 Å². The van der Waals surface area contributed by atoms with E-state index in [-0.39, 0.29) is 0 Å². The largest absolute Gasteiger partial charge is 0.456 e. The Kier molecular flexibility index (Phi) is 8.55. The molecule has 264 valence electrons. The summed E-state index contributed by atoms with van der Waals surface area (Å²) < 4.78 is 6.43. The second-order valence-corrected chi connectivity index (χ2v) is 14.1. The third-order valence-electron chi connectivity index (χ3n) is 10.7. The first-order chi connectivity index (χ1) is 27.8. The average molecular weight is 716 g/mol. The SMILES string of the molecule is c1ccc(-c2ccc(N(c3cccc(-c4cccc(-c5ccccc5)c4-c4ccccc4-c4ccccc4)c3)c3ccc4c(c3)oc3ccccc34)cc2)cc1. The van der Waals surface area contributed by atoms with Crippen molar-refractivity contribution in [2.24, 2.45) is 0 Å². The van der Waals surface area contributed by atoms with Gasteiger partial charge < -0.3 is 9.32 Å². The molecule has 10 aromatic rings. The monoisotopic (exact) mass is 715 g/mol. The average Bonchev–Trinajstić information content (AvgIpc) is 3.65. The Hall–Kier alpha value is -7.42. The predicted molar refractivity (Wildman–Crippen MR) is 236 cm³/mol. The molecule has 2 nitrogen and oxygen atoms in total. The van der Waals surface area contributed by atoms with Gasteiger partial charge in [0.1, 0.15) is 11.2 Å². The molecule has 1 aromatic heterocycles. The van der Waals surface area contributed by atoms with E-state index in [0.717, 1.165) is 44.6 Å². The minimum atomic E-state index is 0.862. The van der Waals surface area contributed by atoms with Crippen molar-refractivity contribution < 1.29 is 4.42 Å². The quantitative estimate of drug-likeness (QED) is 0.156. The van der Waals surface area contributed by atoms with Crippen LogP contribution in [-0.2, 0) is 0 Å². The van der Waals surface area contributed by atoms with E-state index >= 15 is 0 Å². The Balaban J connectivity index is 1.17. The lowest BCUT2D eigenvalue weighted by Gasteiger charge is -2.27. The standard InChI is InChI=1S/C54H37NO/c1-4-16-38(17-5-1)39-30-32-43(33-31-39)55(45-34-35-50-49-25-12-13-29-52(49)56-53(50)37-45)44-23-14-22-42(36-44)48-28-15-27-47(41-20-8-3-9-21-41)54(48)51-26-11-10-24-46(51)40-18-6-2-7-19-40/h1-37H. The van der Waals surface area contributed by atoms with Crippen LogP contribution in [0.1, 0.15) is 0 Å². The summed E-state index contributed by atoms with van der Waals surface area (Å²) in [6.07, 6.45) is 0. The van der Waals surface area contributed by atoms with Crippen LogP contribution in [0.25, 0.3) is 77.6 Å². The molecule has 0 aliphatic carbocycles. The van der Waals surface area contributed by atoms with Gasteiger partial charge in [-0.05, 0) is 98.1 Å². The zero-order valence-corrected chi connectivity index (χ0v) is 30.7. The molecule has 0 N–H and O–H groups in total. The van der Waals surface area contributed by atoms with Crippen molar-refractivity contribution in [2.75, 3.05) is 4.90 Å². The van der Waals surface area contributed by atoms with Crippen molar-refractivity contribution in [3.63, 3.8) is 0 Å². The topological polar surface area (TPSA) is 16.4 Å². The lowest BCUT2D eigenvalue weighted by Crippen LogP contribution is -2.10. The zero-order chi connectivity index (χ0) is 37.3. The Bertz CT molecular complexity index is 2950. The van der Waals surface area contributed by atoms with Gasteiger partial charge in [-0.1, -0.05) is 176 Å². The van der Waals surface area contributed by atoms with Gasteiger partial charge in [-0.3, -0.25) is 0 Å². The number of hydrogen-bond donors (Lipinski definition) is 0. The Morgan fingerprint density at radius 3 is 1.48 bits per heavy atom. The molecular formula is C54H37NO. The van der Waals surface area contributed by atoms with Gasteiger partial charge in [0.2, 0.25) is 0 Å². The zero-order valence-electron chi connectivity index (χ0n) is 30.7. The summed E-state index contributed by atoms with van der Waals surface area (Å²) in [5, 5.41) is 2.23. The fourth-order valence-electron chi connectivity index (χ4n) is 8.06. The van der Waals surface area contributed by atoms with E-state index in [9.17, 15) is 0 Å². The molecule has 0 aliphatic heterocycles. The van der Waals surface area contributed by atoms with Crippen LogP contribution >= 0.6 is 0 Å². The van der Waals surface area contributed by atoms with Crippen molar-refractivity contribution in [3.05, 3.63) is 224 Å². The van der Waals surface area contributed by atoms with E-state index < -0.39 is 0 Å². The highest BCUT2D eigenvalue weighted by molar-refractivity contribution is 6.06. The van der Waals surface area contributed by atoms with Crippen LogP contribution in [0.4, 0.5) is 17.1 Å². The minimum absolute atomic E-state index is 0.862. The van der Waals surface area contributed by atoms with Crippen LogP contribution in [0.5, 0.6) is 0 Å². The number of para-hydroxylation sites is 1. The van der Waals surface area contributed by atoms with E-state index in [4.69, 9.17) is 4.42 Å². The van der Waals surface area contributed by atoms with Crippen LogP contribution in [0.15, 0.2) is 229 Å². The van der Waals surface area contributed by atoms with Crippen molar-refractivity contribution in [3.8, 4) is 55.6 Å². The summed E-state index contributed by atoms with van der Waals surface area (Å²) in [6.45, 7) is 0. The molecule has 0 radical (unpaired) electrons. The number of nitrogens with zero attached hydrogens (tertiary/aromatic N) is 1. The Labute approximate surface area is 327 Å². The van der Waals surface area contributed by atoms with Crippen molar-refractivity contribution in [1.29, 1.82) is 0 Å². The number of anilines is 3. The molecule has 0 spiro atoms. The van der Waals surface area contributed by atoms with E-state index in [0.29, 0.717) is 0 Å². The number of rotatable bonds is 8. The molecule has 0 aliphatic rings. The highest BCUT2D eigenvalue weighted by atomic mass is 16.3. The Morgan fingerprint density at radius 1 is 0.268 bits per heavy atom. The van der Waals surface area contributed by atoms with Crippen LogP contribution in [0, 0.1) is 0 Å². The summed E-state index contributed by atoms with van der Waals surface area (Å²) in [4.78, 5) is 2.34. The van der Waals surface area contributed by atoms with Gasteiger partial charge >= 0.3 is 0 Å². The van der Waals surface area contributed by atoms with Gasteiger partial charge in [0, 0.05) is 33.9 Å². The smallest absolute Gasteiger partial charge is 0.137 e. The van der Waals surface area contributed by atoms with Gasteiger partial charge in [-0.25, -0.2) is 0 Å². The van der Waals surface area contributed by atoms with Gasteiger partial charge in [-0.15, -0.1) is 0 Å². The van der Waals surface area contributed by atoms with Crippen LogP contribution in [0.2, 0.25) is 0 Å². The van der Waals surface area contributed by atoms with E-state index in [1.54, 1.807) is 0 Å². The van der Waals surface area contributed by atoms with Gasteiger partial charge in [0.05, 0.1) is 0 Å². The highest BCUT2D eigenvalue weighted by Gasteiger charge is 2.20. The minimum Gasteiger partial charge on any atom is -0.456 e. The maximum absolute atomic E-state index is 6.43. The number of furan rings is 1. The molecule has 0 saturated heterocycles. The lowest BCUT2D eigenvalue weighted by molar-refractivity contribution is 0.669. The number of hydrogen-bond acceptors (Lipinski definition) is 2. The second kappa shape index (κ2) is 14.4. The summed E-state index contributed by atoms with van der Waals surface area (Å²) in [7, 11) is 0. The normalized spacial score (nSPS) is 11.2. The summed E-state index contributed by atoms with van der Waals surface area (Å²) in [5.74, 6) is 0. The molecule has 10 rings (SSSR count). The fraction of sp³-hybridized carbons (Fsp3) is 0. The van der Waals surface area contributed by atoms with Gasteiger partial charge in [-0.2, -0.15) is 0 Å². The van der Waals surface area contributed by atoms with E-state index in [1.165, 1.54) is 50.1 Å². The molecule has 0 amide bonds.